The lowest BCUT2D eigenvalue weighted by Crippen LogP contribution is -2.09. The van der Waals surface area contributed by atoms with E-state index in [1.807, 2.05) is 25.1 Å². The van der Waals surface area contributed by atoms with Crippen LogP contribution < -0.4 is 9.47 Å². The molecule has 1 aromatic carbocycles. The van der Waals surface area contributed by atoms with Crippen LogP contribution in [-0.4, -0.2) is 19.0 Å². The number of methoxy groups -OCH3 is 1. The van der Waals surface area contributed by atoms with Crippen LogP contribution in [0.15, 0.2) is 17.7 Å². The van der Waals surface area contributed by atoms with Crippen LogP contribution in [0.4, 0.5) is 0 Å². The molecule has 0 amide bonds. The Morgan fingerprint density at radius 1 is 1.52 bits per heavy atom. The molecule has 2 rings (SSSR count). The van der Waals surface area contributed by atoms with E-state index in [1.54, 1.807) is 27.0 Å². The molecule has 0 bridgehead atoms. The average Bonchev–Trinajstić information content (AvgIpc) is 2.81. The van der Waals surface area contributed by atoms with Gasteiger partial charge in [0.2, 0.25) is 0 Å². The smallest absolute Gasteiger partial charge is 0.175 e. The van der Waals surface area contributed by atoms with E-state index in [2.05, 4.69) is 0 Å². The Hall–Kier alpha value is -2.28. The summed E-state index contributed by atoms with van der Waals surface area (Å²) in [6.07, 6.45) is 2.55. The van der Waals surface area contributed by atoms with E-state index in [1.165, 1.54) is 0 Å². The SMILES string of the molecule is COc1cc2c(cc1C=C(C#N)C(=O)C(C)C)OC(C)C2. The number of carbonyl (C=O) groups excluding carboxylic acids is 1. The zero-order valence-electron chi connectivity index (χ0n) is 12.8. The predicted octanol–water partition coefficient (Wildman–Crippen LogP) is 3.15. The minimum absolute atomic E-state index is 0.134. The number of hydrogen-bond donors (Lipinski definition) is 0. The highest BCUT2D eigenvalue weighted by Crippen LogP contribution is 2.36. The van der Waals surface area contributed by atoms with Gasteiger partial charge in [-0.1, -0.05) is 13.8 Å². The number of nitrogens with zero attached hydrogens (tertiary/aromatic N) is 1. The third-order valence-corrected chi connectivity index (χ3v) is 3.46. The molecule has 0 N–H and O–H groups in total. The van der Waals surface area contributed by atoms with Crippen molar-refractivity contribution in [2.45, 2.75) is 33.3 Å². The quantitative estimate of drug-likeness (QED) is 0.630. The largest absolute Gasteiger partial charge is 0.496 e. The molecule has 0 spiro atoms. The van der Waals surface area contributed by atoms with Gasteiger partial charge in [-0.25, -0.2) is 0 Å². The van der Waals surface area contributed by atoms with E-state index in [0.29, 0.717) is 11.3 Å². The molecule has 4 nitrogen and oxygen atoms in total. The first-order valence-corrected chi connectivity index (χ1v) is 6.99. The van der Waals surface area contributed by atoms with Crippen LogP contribution in [0.5, 0.6) is 11.5 Å². The van der Waals surface area contributed by atoms with E-state index < -0.39 is 0 Å². The number of hydrogen-bond acceptors (Lipinski definition) is 4. The van der Waals surface area contributed by atoms with E-state index in [0.717, 1.165) is 17.7 Å². The van der Waals surface area contributed by atoms with E-state index in [-0.39, 0.29) is 23.4 Å². The molecular weight excluding hydrogens is 266 g/mol. The maximum Gasteiger partial charge on any atom is 0.175 e. The summed E-state index contributed by atoms with van der Waals surface area (Å²) in [6.45, 7) is 5.56. The van der Waals surface area contributed by atoms with Crippen LogP contribution in [0.1, 0.15) is 31.9 Å². The Morgan fingerprint density at radius 2 is 2.24 bits per heavy atom. The first kappa shape index (κ1) is 15.1. The summed E-state index contributed by atoms with van der Waals surface area (Å²) >= 11 is 0. The molecule has 1 aromatic rings. The molecular formula is C17H19NO3. The van der Waals surface area contributed by atoms with Gasteiger partial charge >= 0.3 is 0 Å². The fourth-order valence-electron chi connectivity index (χ4n) is 2.37. The van der Waals surface area contributed by atoms with E-state index >= 15 is 0 Å². The van der Waals surface area contributed by atoms with Crippen molar-refractivity contribution in [2.24, 2.45) is 5.92 Å². The fourth-order valence-corrected chi connectivity index (χ4v) is 2.37. The molecule has 1 heterocycles. The molecule has 110 valence electrons. The zero-order chi connectivity index (χ0) is 15.6. The highest BCUT2D eigenvalue weighted by molar-refractivity contribution is 6.04. The van der Waals surface area contributed by atoms with Crippen molar-refractivity contribution in [3.05, 3.63) is 28.8 Å². The highest BCUT2D eigenvalue weighted by atomic mass is 16.5. The Balaban J connectivity index is 2.47. The van der Waals surface area contributed by atoms with Gasteiger partial charge in [-0.3, -0.25) is 4.79 Å². The molecule has 0 radical (unpaired) electrons. The third kappa shape index (κ3) is 3.08. The summed E-state index contributed by atoms with van der Waals surface area (Å²) in [6, 6.07) is 5.73. The third-order valence-electron chi connectivity index (χ3n) is 3.46. The van der Waals surface area contributed by atoms with Crippen molar-refractivity contribution in [1.29, 1.82) is 5.26 Å². The molecule has 0 aliphatic carbocycles. The summed E-state index contributed by atoms with van der Waals surface area (Å²) in [5.74, 6) is 1.06. The Labute approximate surface area is 125 Å². The topological polar surface area (TPSA) is 59.3 Å². The van der Waals surface area contributed by atoms with Crippen molar-refractivity contribution in [2.75, 3.05) is 7.11 Å². The number of nitriles is 1. The normalized spacial score (nSPS) is 17.1. The van der Waals surface area contributed by atoms with Crippen LogP contribution in [0.2, 0.25) is 0 Å². The lowest BCUT2D eigenvalue weighted by molar-refractivity contribution is -0.117. The van der Waals surface area contributed by atoms with Crippen LogP contribution in [-0.2, 0) is 11.2 Å². The van der Waals surface area contributed by atoms with E-state index in [4.69, 9.17) is 9.47 Å². The number of benzene rings is 1. The van der Waals surface area contributed by atoms with Crippen LogP contribution in [0, 0.1) is 17.2 Å². The average molecular weight is 285 g/mol. The predicted molar refractivity (Wildman–Crippen MR) is 80.2 cm³/mol. The van der Waals surface area contributed by atoms with Crippen LogP contribution in [0.3, 0.4) is 0 Å². The first-order chi connectivity index (χ1) is 9.96. The van der Waals surface area contributed by atoms with Crippen molar-refractivity contribution in [3.63, 3.8) is 0 Å². The second-order valence-electron chi connectivity index (χ2n) is 5.52. The standard InChI is InChI=1S/C17H19NO3/c1-10(2)17(19)14(9-18)6-13-8-16-12(5-11(3)21-16)7-15(13)20-4/h6-8,10-11H,5H2,1-4H3. The van der Waals surface area contributed by atoms with Gasteiger partial charge in [0.25, 0.3) is 0 Å². The zero-order valence-corrected chi connectivity index (χ0v) is 12.8. The summed E-state index contributed by atoms with van der Waals surface area (Å²) in [5.41, 5.74) is 1.91. The first-order valence-electron chi connectivity index (χ1n) is 6.99. The molecule has 21 heavy (non-hydrogen) atoms. The highest BCUT2D eigenvalue weighted by Gasteiger charge is 2.22. The van der Waals surface area contributed by atoms with Crippen molar-refractivity contribution < 1.29 is 14.3 Å². The molecule has 1 atom stereocenters. The molecule has 0 saturated heterocycles. The van der Waals surface area contributed by atoms with Crippen molar-refractivity contribution in [1.82, 2.24) is 0 Å². The van der Waals surface area contributed by atoms with Crippen LogP contribution in [0.25, 0.3) is 6.08 Å². The Bertz CT molecular complexity index is 638. The van der Waals surface area contributed by atoms with Gasteiger partial charge in [0.1, 0.15) is 23.7 Å². The summed E-state index contributed by atoms with van der Waals surface area (Å²) < 4.78 is 11.1. The van der Waals surface area contributed by atoms with Crippen molar-refractivity contribution >= 4 is 11.9 Å². The lowest BCUT2D eigenvalue weighted by Gasteiger charge is -2.09. The van der Waals surface area contributed by atoms with Gasteiger partial charge in [-0.05, 0) is 25.1 Å². The number of fused-ring (bicyclic) bond motifs is 1. The van der Waals surface area contributed by atoms with Gasteiger partial charge < -0.3 is 9.47 Å². The molecule has 1 aliphatic heterocycles. The molecule has 1 aliphatic rings. The maximum absolute atomic E-state index is 12.0. The summed E-state index contributed by atoms with van der Waals surface area (Å²) in [5, 5.41) is 9.19. The van der Waals surface area contributed by atoms with Crippen LogP contribution >= 0.6 is 0 Å². The number of ether oxygens (including phenoxy) is 2. The molecule has 0 aromatic heterocycles. The van der Waals surface area contributed by atoms with Crippen molar-refractivity contribution in [3.8, 4) is 17.6 Å². The van der Waals surface area contributed by atoms with Gasteiger partial charge in [0, 0.05) is 23.5 Å². The fraction of sp³-hybridized carbons (Fsp3) is 0.412. The van der Waals surface area contributed by atoms with Gasteiger partial charge in [-0.2, -0.15) is 5.26 Å². The Kier molecular flexibility index (Phi) is 4.32. The lowest BCUT2D eigenvalue weighted by atomic mass is 9.98. The minimum atomic E-state index is -0.215. The Morgan fingerprint density at radius 3 is 2.81 bits per heavy atom. The molecule has 1 unspecified atom stereocenters. The number of carbonyl (C=O) groups is 1. The minimum Gasteiger partial charge on any atom is -0.496 e. The van der Waals surface area contributed by atoms with E-state index in [9.17, 15) is 10.1 Å². The molecule has 0 fully saturated rings. The monoisotopic (exact) mass is 285 g/mol. The summed E-state index contributed by atoms with van der Waals surface area (Å²) in [4.78, 5) is 12.0. The second kappa shape index (κ2) is 6.01. The van der Waals surface area contributed by atoms with Gasteiger partial charge in [-0.15, -0.1) is 0 Å². The molecule has 0 saturated carbocycles. The number of allylic oxidation sites excluding steroid dienone is 1. The summed E-state index contributed by atoms with van der Waals surface area (Å²) in [7, 11) is 1.58. The molecule has 4 heteroatoms. The second-order valence-corrected chi connectivity index (χ2v) is 5.52. The van der Waals surface area contributed by atoms with Gasteiger partial charge in [0.05, 0.1) is 12.7 Å². The maximum atomic E-state index is 12.0. The number of ketones is 1. The van der Waals surface area contributed by atoms with Gasteiger partial charge in [0.15, 0.2) is 5.78 Å². The number of rotatable bonds is 4. The number of Topliss-reactive ketones (excluding diaryl/α,β-unsaturated/α-hetero) is 1.